The molecule has 1 aromatic carbocycles. The van der Waals surface area contributed by atoms with Gasteiger partial charge in [0.25, 0.3) is 0 Å². The van der Waals surface area contributed by atoms with Crippen molar-refractivity contribution in [2.75, 3.05) is 0 Å². The predicted molar refractivity (Wildman–Crippen MR) is 73.2 cm³/mol. The van der Waals surface area contributed by atoms with Crippen molar-refractivity contribution in [2.24, 2.45) is 5.92 Å². The lowest BCUT2D eigenvalue weighted by molar-refractivity contribution is -0.155. The Balaban J connectivity index is 2.37. The minimum absolute atomic E-state index is 0.218. The van der Waals surface area contributed by atoms with Gasteiger partial charge in [0.05, 0.1) is 0 Å². The highest BCUT2D eigenvalue weighted by Gasteiger charge is 2.55. The van der Waals surface area contributed by atoms with E-state index >= 15 is 0 Å². The third kappa shape index (κ3) is 2.29. The van der Waals surface area contributed by atoms with Gasteiger partial charge in [0, 0.05) is 6.54 Å². The van der Waals surface area contributed by atoms with Crippen LogP contribution in [0, 0.1) is 5.92 Å². The van der Waals surface area contributed by atoms with E-state index in [-0.39, 0.29) is 5.92 Å². The average molecular weight is 277 g/mol. The van der Waals surface area contributed by atoms with Crippen LogP contribution in [0.15, 0.2) is 30.3 Å². The zero-order chi connectivity index (χ0) is 14.9. The van der Waals surface area contributed by atoms with Gasteiger partial charge in [0.2, 0.25) is 0 Å². The highest BCUT2D eigenvalue weighted by molar-refractivity contribution is 5.83. The minimum Gasteiger partial charge on any atom is -0.480 e. The minimum atomic E-state index is -1.15. The fourth-order valence-corrected chi connectivity index (χ4v) is 2.92. The summed E-state index contributed by atoms with van der Waals surface area (Å²) in [6.45, 7) is 3.74. The van der Waals surface area contributed by atoms with Crippen LogP contribution in [-0.2, 0) is 16.1 Å². The molecule has 2 N–H and O–H groups in total. The maximum Gasteiger partial charge on any atom is 0.324 e. The highest BCUT2D eigenvalue weighted by Crippen LogP contribution is 2.40. The van der Waals surface area contributed by atoms with Gasteiger partial charge in [-0.05, 0) is 24.8 Å². The van der Waals surface area contributed by atoms with Crippen LogP contribution in [0.4, 0.5) is 0 Å². The molecule has 108 valence electrons. The summed E-state index contributed by atoms with van der Waals surface area (Å²) in [5.41, 5.74) is -0.237. The molecule has 2 rings (SSSR count). The number of carboxylic acid groups (broad SMARTS) is 2. The van der Waals surface area contributed by atoms with Crippen LogP contribution in [-0.4, -0.2) is 38.6 Å². The van der Waals surface area contributed by atoms with Crippen LogP contribution >= 0.6 is 0 Å². The molecule has 0 aromatic heterocycles. The van der Waals surface area contributed by atoms with Crippen molar-refractivity contribution in [3.05, 3.63) is 35.9 Å². The molecule has 1 fully saturated rings. The lowest BCUT2D eigenvalue weighted by Crippen LogP contribution is -2.54. The lowest BCUT2D eigenvalue weighted by Gasteiger charge is -2.35. The van der Waals surface area contributed by atoms with Gasteiger partial charge in [-0.25, -0.2) is 0 Å². The van der Waals surface area contributed by atoms with Crippen LogP contribution < -0.4 is 0 Å². The van der Waals surface area contributed by atoms with Crippen molar-refractivity contribution in [1.82, 2.24) is 4.90 Å². The lowest BCUT2D eigenvalue weighted by atomic mass is 9.88. The molecule has 5 nitrogen and oxygen atoms in total. The second kappa shape index (κ2) is 5.25. The normalized spacial score (nSPS) is 30.3. The van der Waals surface area contributed by atoms with Gasteiger partial charge in [0.15, 0.2) is 0 Å². The summed E-state index contributed by atoms with van der Waals surface area (Å²) in [5, 5.41) is 18.9. The summed E-state index contributed by atoms with van der Waals surface area (Å²) in [6.07, 6.45) is 0.352. The zero-order valence-electron chi connectivity index (χ0n) is 11.6. The summed E-state index contributed by atoms with van der Waals surface area (Å²) >= 11 is 0. The Hall–Kier alpha value is -1.88. The molecule has 1 aliphatic rings. The topological polar surface area (TPSA) is 77.8 Å². The maximum absolute atomic E-state index is 11.7. The number of rotatable bonds is 4. The van der Waals surface area contributed by atoms with Crippen molar-refractivity contribution in [1.29, 1.82) is 0 Å². The van der Waals surface area contributed by atoms with Gasteiger partial charge in [0.1, 0.15) is 11.6 Å². The molecule has 1 saturated heterocycles. The van der Waals surface area contributed by atoms with Crippen LogP contribution in [0.25, 0.3) is 0 Å². The molecule has 0 bridgehead atoms. The molecule has 0 amide bonds. The first-order valence-electron chi connectivity index (χ1n) is 6.64. The Labute approximate surface area is 117 Å². The first kappa shape index (κ1) is 14.5. The Morgan fingerprint density at radius 2 is 1.90 bits per heavy atom. The number of carboxylic acids is 2. The number of benzene rings is 1. The molecule has 0 aliphatic carbocycles. The molecule has 0 radical (unpaired) electrons. The van der Waals surface area contributed by atoms with Crippen molar-refractivity contribution in [3.63, 3.8) is 0 Å². The average Bonchev–Trinajstić information content (AvgIpc) is 2.66. The molecule has 3 unspecified atom stereocenters. The summed E-state index contributed by atoms with van der Waals surface area (Å²) in [5.74, 6) is -2.15. The fourth-order valence-electron chi connectivity index (χ4n) is 2.92. The van der Waals surface area contributed by atoms with E-state index < -0.39 is 23.5 Å². The Kier molecular flexibility index (Phi) is 3.81. The van der Waals surface area contributed by atoms with Crippen molar-refractivity contribution in [2.45, 2.75) is 38.4 Å². The first-order chi connectivity index (χ1) is 9.37. The number of carbonyl (C=O) groups is 2. The summed E-state index contributed by atoms with van der Waals surface area (Å²) in [4.78, 5) is 24.7. The Morgan fingerprint density at radius 3 is 2.40 bits per heavy atom. The second-order valence-corrected chi connectivity index (χ2v) is 5.56. The molecule has 1 aliphatic heterocycles. The number of likely N-dealkylation sites (tertiary alicyclic amines) is 1. The molecule has 3 atom stereocenters. The maximum atomic E-state index is 11.7. The van der Waals surface area contributed by atoms with E-state index in [1.807, 2.05) is 30.3 Å². The van der Waals surface area contributed by atoms with Gasteiger partial charge < -0.3 is 10.2 Å². The van der Waals surface area contributed by atoms with E-state index in [0.717, 1.165) is 5.56 Å². The molecule has 1 aromatic rings. The molecular weight excluding hydrogens is 258 g/mol. The van der Waals surface area contributed by atoms with E-state index in [4.69, 9.17) is 0 Å². The van der Waals surface area contributed by atoms with E-state index in [1.54, 1.807) is 18.7 Å². The van der Waals surface area contributed by atoms with Crippen LogP contribution in [0.1, 0.15) is 25.8 Å². The Morgan fingerprint density at radius 1 is 1.30 bits per heavy atom. The number of aliphatic carboxylic acids is 2. The smallest absolute Gasteiger partial charge is 0.324 e. The van der Waals surface area contributed by atoms with Gasteiger partial charge in [-0.15, -0.1) is 0 Å². The second-order valence-electron chi connectivity index (χ2n) is 5.56. The van der Waals surface area contributed by atoms with Crippen LogP contribution in [0.2, 0.25) is 0 Å². The zero-order valence-corrected chi connectivity index (χ0v) is 11.6. The van der Waals surface area contributed by atoms with Gasteiger partial charge in [-0.1, -0.05) is 37.3 Å². The molecule has 1 heterocycles. The van der Waals surface area contributed by atoms with Crippen LogP contribution in [0.3, 0.4) is 0 Å². The molecule has 5 heteroatoms. The molecule has 20 heavy (non-hydrogen) atoms. The summed E-state index contributed by atoms with van der Waals surface area (Å²) in [6, 6.07) is 8.60. The monoisotopic (exact) mass is 277 g/mol. The number of nitrogens with zero attached hydrogens (tertiary/aromatic N) is 1. The molecule has 0 spiro atoms. The predicted octanol–water partition coefficient (Wildman–Crippen LogP) is 1.82. The highest BCUT2D eigenvalue weighted by atomic mass is 16.4. The van der Waals surface area contributed by atoms with E-state index in [0.29, 0.717) is 13.0 Å². The molecular formula is C15H19NO4. The molecule has 0 saturated carbocycles. The van der Waals surface area contributed by atoms with E-state index in [1.165, 1.54) is 0 Å². The van der Waals surface area contributed by atoms with E-state index in [9.17, 15) is 19.8 Å². The third-order valence-corrected chi connectivity index (χ3v) is 4.42. The van der Waals surface area contributed by atoms with Crippen LogP contribution in [0.5, 0.6) is 0 Å². The number of hydrogen-bond donors (Lipinski definition) is 2. The fraction of sp³-hybridized carbons (Fsp3) is 0.467. The standard InChI is InChI=1S/C15H19NO4/c1-10-8-12(13(17)18)16(15(10,2)14(19)20)9-11-6-4-3-5-7-11/h3-7,10,12H,8-9H2,1-2H3,(H,17,18)(H,19,20). The van der Waals surface area contributed by atoms with E-state index in [2.05, 4.69) is 0 Å². The largest absolute Gasteiger partial charge is 0.480 e. The van der Waals surface area contributed by atoms with Gasteiger partial charge in [-0.2, -0.15) is 0 Å². The Bertz CT molecular complexity index is 516. The van der Waals surface area contributed by atoms with Gasteiger partial charge in [-0.3, -0.25) is 14.5 Å². The summed E-state index contributed by atoms with van der Waals surface area (Å²) < 4.78 is 0. The third-order valence-electron chi connectivity index (χ3n) is 4.42. The van der Waals surface area contributed by atoms with Crippen molar-refractivity contribution < 1.29 is 19.8 Å². The number of hydrogen-bond acceptors (Lipinski definition) is 3. The quantitative estimate of drug-likeness (QED) is 0.877. The van der Waals surface area contributed by atoms with Gasteiger partial charge >= 0.3 is 11.9 Å². The SMILES string of the molecule is CC1CC(C(=O)O)N(Cc2ccccc2)C1(C)C(=O)O. The van der Waals surface area contributed by atoms with Crippen molar-refractivity contribution >= 4 is 11.9 Å². The summed E-state index contributed by atoms with van der Waals surface area (Å²) in [7, 11) is 0. The van der Waals surface area contributed by atoms with Crippen molar-refractivity contribution in [3.8, 4) is 0 Å². The first-order valence-corrected chi connectivity index (χ1v) is 6.64.